The Balaban J connectivity index is 4.49. The van der Waals surface area contributed by atoms with Crippen LogP contribution in [-0.4, -0.2) is 22.8 Å². The number of hydrogen-bond donors (Lipinski definition) is 2. The van der Waals surface area contributed by atoms with Gasteiger partial charge in [0, 0.05) is 6.42 Å². The van der Waals surface area contributed by atoms with Crippen LogP contribution in [0, 0.1) is 5.41 Å². The third kappa shape index (κ3) is 4.11. The van der Waals surface area contributed by atoms with E-state index in [2.05, 4.69) is 0 Å². The molecule has 0 aromatic carbocycles. The molecule has 3 N–H and O–H groups in total. The summed E-state index contributed by atoms with van der Waals surface area (Å²) in [5.41, 5.74) is 3.05. The van der Waals surface area contributed by atoms with Crippen molar-refractivity contribution in [3.05, 3.63) is 0 Å². The molecule has 1 amide bonds. The molecule has 0 rings (SSSR count). The molecule has 0 fully saturated rings. The van der Waals surface area contributed by atoms with Gasteiger partial charge in [-0.2, -0.15) is 0 Å². The first-order valence-corrected chi connectivity index (χ1v) is 4.29. The lowest BCUT2D eigenvalue weighted by Gasteiger charge is -2.31. The van der Waals surface area contributed by atoms with Crippen LogP contribution in [-0.2, 0) is 9.53 Å². The Bertz CT molecular complexity index is 245. The maximum atomic E-state index is 10.8. The van der Waals surface area contributed by atoms with E-state index in [1.807, 2.05) is 0 Å². The number of nitrogens with two attached hydrogens (primary N) is 1. The molecule has 0 saturated heterocycles. The molecule has 5 heteroatoms. The Hall–Kier alpha value is -1.26. The lowest BCUT2D eigenvalue weighted by Crippen LogP contribution is -2.38. The highest BCUT2D eigenvalue weighted by Crippen LogP contribution is 2.30. The molecule has 0 heterocycles. The molecule has 0 radical (unpaired) electrons. The summed E-state index contributed by atoms with van der Waals surface area (Å²) in [7, 11) is 0. The van der Waals surface area contributed by atoms with Crippen LogP contribution in [0.2, 0.25) is 0 Å². The van der Waals surface area contributed by atoms with Crippen LogP contribution in [0.1, 0.15) is 34.1 Å². The van der Waals surface area contributed by atoms with E-state index in [4.69, 9.17) is 15.6 Å². The Labute approximate surface area is 83.2 Å². The zero-order valence-corrected chi connectivity index (χ0v) is 8.96. The summed E-state index contributed by atoms with van der Waals surface area (Å²) in [6, 6.07) is 0. The summed E-state index contributed by atoms with van der Waals surface area (Å²) in [6.07, 6.45) is -0.686. The predicted octanol–water partition coefficient (Wildman–Crippen LogP) is 1.36. The molecule has 0 aliphatic rings. The fourth-order valence-electron chi connectivity index (χ4n) is 1.45. The van der Waals surface area contributed by atoms with Gasteiger partial charge < -0.3 is 15.6 Å². The van der Waals surface area contributed by atoms with Crippen LogP contribution in [0.4, 0.5) is 4.79 Å². The molecule has 82 valence electrons. The minimum absolute atomic E-state index is 0.207. The predicted molar refractivity (Wildman–Crippen MR) is 50.8 cm³/mol. The number of carboxylic acids is 1. The molecule has 0 aromatic heterocycles. The minimum Gasteiger partial charge on any atom is -0.481 e. The van der Waals surface area contributed by atoms with Crippen molar-refractivity contribution >= 4 is 12.1 Å². The Morgan fingerprint density at radius 1 is 1.29 bits per heavy atom. The third-order valence-electron chi connectivity index (χ3n) is 1.82. The monoisotopic (exact) mass is 203 g/mol. The summed E-state index contributed by atoms with van der Waals surface area (Å²) in [5, 5.41) is 8.87. The second-order valence-corrected chi connectivity index (χ2v) is 4.55. The third-order valence-corrected chi connectivity index (χ3v) is 1.82. The average Bonchev–Trinajstić information content (AvgIpc) is 1.79. The SMILES string of the molecule is CC(C)(CC(C)(C)C(=O)O)OC(N)=O. The lowest BCUT2D eigenvalue weighted by molar-refractivity contribution is -0.150. The molecule has 0 spiro atoms. The summed E-state index contributed by atoms with van der Waals surface area (Å²) >= 11 is 0. The van der Waals surface area contributed by atoms with E-state index in [1.54, 1.807) is 27.7 Å². The molecule has 0 bridgehead atoms. The molecule has 0 atom stereocenters. The Morgan fingerprint density at radius 2 is 1.71 bits per heavy atom. The van der Waals surface area contributed by atoms with Gasteiger partial charge in [0.15, 0.2) is 0 Å². The van der Waals surface area contributed by atoms with Crippen LogP contribution in [0.15, 0.2) is 0 Å². The summed E-state index contributed by atoms with van der Waals surface area (Å²) < 4.78 is 4.80. The van der Waals surface area contributed by atoms with E-state index in [1.165, 1.54) is 0 Å². The molecule has 14 heavy (non-hydrogen) atoms. The number of ether oxygens (including phenoxy) is 1. The van der Waals surface area contributed by atoms with E-state index in [0.29, 0.717) is 0 Å². The molecule has 5 nitrogen and oxygen atoms in total. The number of rotatable bonds is 4. The van der Waals surface area contributed by atoms with E-state index >= 15 is 0 Å². The van der Waals surface area contributed by atoms with Crippen LogP contribution in [0.3, 0.4) is 0 Å². The van der Waals surface area contributed by atoms with E-state index in [9.17, 15) is 9.59 Å². The van der Waals surface area contributed by atoms with Crippen LogP contribution in [0.5, 0.6) is 0 Å². The number of carbonyl (C=O) groups excluding carboxylic acids is 1. The molecule has 0 aromatic rings. The highest BCUT2D eigenvalue weighted by molar-refractivity contribution is 5.73. The molecule has 0 aliphatic heterocycles. The van der Waals surface area contributed by atoms with Crippen molar-refractivity contribution < 1.29 is 19.4 Å². The van der Waals surface area contributed by atoms with Gasteiger partial charge in [-0.15, -0.1) is 0 Å². The minimum atomic E-state index is -0.945. The number of primary amides is 1. The van der Waals surface area contributed by atoms with E-state index < -0.39 is 23.1 Å². The first-order valence-electron chi connectivity index (χ1n) is 4.29. The van der Waals surface area contributed by atoms with Crippen LogP contribution < -0.4 is 5.73 Å². The lowest BCUT2D eigenvalue weighted by atomic mass is 9.82. The summed E-state index contributed by atoms with van der Waals surface area (Å²) in [4.78, 5) is 21.3. The zero-order valence-electron chi connectivity index (χ0n) is 8.96. The van der Waals surface area contributed by atoms with Crippen molar-refractivity contribution in [1.29, 1.82) is 0 Å². The summed E-state index contributed by atoms with van der Waals surface area (Å²) in [5.74, 6) is -0.932. The van der Waals surface area contributed by atoms with Crippen molar-refractivity contribution in [3.63, 3.8) is 0 Å². The second kappa shape index (κ2) is 3.86. The first kappa shape index (κ1) is 12.7. The van der Waals surface area contributed by atoms with E-state index in [0.717, 1.165) is 0 Å². The maximum Gasteiger partial charge on any atom is 0.405 e. The van der Waals surface area contributed by atoms with Gasteiger partial charge in [0.1, 0.15) is 5.60 Å². The Morgan fingerprint density at radius 3 is 2.00 bits per heavy atom. The van der Waals surface area contributed by atoms with Crippen molar-refractivity contribution in [2.75, 3.05) is 0 Å². The largest absolute Gasteiger partial charge is 0.481 e. The fraction of sp³-hybridized carbons (Fsp3) is 0.778. The number of carbonyl (C=O) groups is 2. The quantitative estimate of drug-likeness (QED) is 0.721. The van der Waals surface area contributed by atoms with E-state index in [-0.39, 0.29) is 6.42 Å². The maximum absolute atomic E-state index is 10.8. The normalized spacial score (nSPS) is 12.3. The fourth-order valence-corrected chi connectivity index (χ4v) is 1.45. The number of amides is 1. The number of hydrogen-bond acceptors (Lipinski definition) is 3. The second-order valence-electron chi connectivity index (χ2n) is 4.55. The molecule has 0 aliphatic carbocycles. The number of carboxylic acid groups (broad SMARTS) is 1. The molecular formula is C9H17NO4. The van der Waals surface area contributed by atoms with Gasteiger partial charge in [-0.05, 0) is 27.7 Å². The zero-order chi connectivity index (χ0) is 11.6. The smallest absolute Gasteiger partial charge is 0.405 e. The van der Waals surface area contributed by atoms with Crippen molar-refractivity contribution in [1.82, 2.24) is 0 Å². The van der Waals surface area contributed by atoms with Crippen LogP contribution >= 0.6 is 0 Å². The average molecular weight is 203 g/mol. The molecule has 0 unspecified atom stereocenters. The standard InChI is InChI=1S/C9H17NO4/c1-8(2,6(11)12)5-9(3,4)14-7(10)13/h5H2,1-4H3,(H2,10,13)(H,11,12). The van der Waals surface area contributed by atoms with Gasteiger partial charge in [-0.25, -0.2) is 4.79 Å². The number of aliphatic carboxylic acids is 1. The van der Waals surface area contributed by atoms with Gasteiger partial charge >= 0.3 is 12.1 Å². The van der Waals surface area contributed by atoms with Gasteiger partial charge in [0.25, 0.3) is 0 Å². The van der Waals surface area contributed by atoms with Gasteiger partial charge in [0.05, 0.1) is 5.41 Å². The van der Waals surface area contributed by atoms with Gasteiger partial charge in [-0.3, -0.25) is 4.79 Å². The van der Waals surface area contributed by atoms with Crippen molar-refractivity contribution in [2.45, 2.75) is 39.7 Å². The van der Waals surface area contributed by atoms with Crippen LogP contribution in [0.25, 0.3) is 0 Å². The molecular weight excluding hydrogens is 186 g/mol. The first-order chi connectivity index (χ1) is 6.07. The van der Waals surface area contributed by atoms with Gasteiger partial charge in [0.2, 0.25) is 0 Å². The summed E-state index contributed by atoms with van der Waals surface area (Å²) in [6.45, 7) is 6.40. The van der Waals surface area contributed by atoms with Gasteiger partial charge in [-0.1, -0.05) is 0 Å². The van der Waals surface area contributed by atoms with Crippen molar-refractivity contribution in [2.24, 2.45) is 11.1 Å². The highest BCUT2D eigenvalue weighted by atomic mass is 16.6. The topological polar surface area (TPSA) is 89.6 Å². The molecule has 0 saturated carbocycles. The van der Waals surface area contributed by atoms with Crippen molar-refractivity contribution in [3.8, 4) is 0 Å². The highest BCUT2D eigenvalue weighted by Gasteiger charge is 2.36. The Kier molecular flexibility index (Phi) is 3.51.